The predicted octanol–water partition coefficient (Wildman–Crippen LogP) is 4.99. The van der Waals surface area contributed by atoms with Gasteiger partial charge in [-0.1, -0.05) is 24.3 Å². The van der Waals surface area contributed by atoms with E-state index in [0.717, 1.165) is 24.2 Å². The van der Waals surface area contributed by atoms with E-state index in [1.54, 1.807) is 24.3 Å². The average molecular weight is 424 g/mol. The largest absolute Gasteiger partial charge is 0.490 e. The van der Waals surface area contributed by atoms with Crippen molar-refractivity contribution in [2.24, 2.45) is 0 Å². The molecule has 1 aliphatic carbocycles. The van der Waals surface area contributed by atoms with Crippen LogP contribution in [0.3, 0.4) is 0 Å². The molecule has 2 aromatic carbocycles. The molecular formula is C24H25FN2O4. The monoisotopic (exact) mass is 424 g/mol. The number of aliphatic carboxylic acids is 1. The van der Waals surface area contributed by atoms with Crippen LogP contribution in [0.5, 0.6) is 5.75 Å². The predicted molar refractivity (Wildman–Crippen MR) is 114 cm³/mol. The number of ether oxygens (including phenoxy) is 2. The molecule has 0 saturated heterocycles. The Morgan fingerprint density at radius 2 is 1.97 bits per heavy atom. The summed E-state index contributed by atoms with van der Waals surface area (Å²) >= 11 is 0. The Morgan fingerprint density at radius 1 is 1.19 bits per heavy atom. The maximum Gasteiger partial charge on any atom is 0.335 e. The van der Waals surface area contributed by atoms with Crippen LogP contribution in [0.2, 0.25) is 0 Å². The maximum atomic E-state index is 14.6. The topological polar surface area (TPSA) is 73.6 Å². The van der Waals surface area contributed by atoms with E-state index in [0.29, 0.717) is 17.1 Å². The van der Waals surface area contributed by atoms with Crippen molar-refractivity contribution < 1.29 is 23.8 Å². The molecule has 1 N–H and O–H groups in total. The number of carboxylic acid groups (broad SMARTS) is 1. The Morgan fingerprint density at radius 3 is 2.65 bits per heavy atom. The molecule has 0 bridgehead atoms. The van der Waals surface area contributed by atoms with Crippen LogP contribution in [0.15, 0.2) is 54.6 Å². The highest BCUT2D eigenvalue weighted by Crippen LogP contribution is 2.31. The molecule has 6 nitrogen and oxygen atoms in total. The Bertz CT molecular complexity index is 1090. The fourth-order valence-corrected chi connectivity index (χ4v) is 3.24. The van der Waals surface area contributed by atoms with Gasteiger partial charge in [0.25, 0.3) is 0 Å². The Kier molecular flexibility index (Phi) is 5.78. The lowest BCUT2D eigenvalue weighted by atomic mass is 9.96. The normalized spacial score (nSPS) is 14.3. The number of rotatable bonds is 8. The van der Waals surface area contributed by atoms with Gasteiger partial charge in [-0.2, -0.15) is 5.10 Å². The van der Waals surface area contributed by atoms with Crippen LogP contribution < -0.4 is 4.74 Å². The molecule has 3 aromatic rings. The van der Waals surface area contributed by atoms with Crippen molar-refractivity contribution >= 4 is 5.97 Å². The van der Waals surface area contributed by atoms with E-state index < -0.39 is 17.4 Å². The zero-order chi connectivity index (χ0) is 22.0. The molecule has 0 radical (unpaired) electrons. The van der Waals surface area contributed by atoms with Crippen molar-refractivity contribution in [1.82, 2.24) is 9.78 Å². The average Bonchev–Trinajstić information content (AvgIpc) is 3.14. The van der Waals surface area contributed by atoms with Crippen molar-refractivity contribution in [3.05, 3.63) is 66.1 Å². The van der Waals surface area contributed by atoms with Gasteiger partial charge in [0.2, 0.25) is 0 Å². The molecule has 1 aromatic heterocycles. The van der Waals surface area contributed by atoms with Gasteiger partial charge in [0, 0.05) is 5.56 Å². The molecule has 1 fully saturated rings. The molecule has 7 heteroatoms. The van der Waals surface area contributed by atoms with Gasteiger partial charge >= 0.3 is 5.97 Å². The molecule has 1 aliphatic rings. The third-order valence-corrected chi connectivity index (χ3v) is 5.42. The van der Waals surface area contributed by atoms with E-state index in [1.807, 2.05) is 24.3 Å². The van der Waals surface area contributed by atoms with Crippen LogP contribution in [0, 0.1) is 5.82 Å². The highest BCUT2D eigenvalue weighted by atomic mass is 19.1. The van der Waals surface area contributed by atoms with E-state index >= 15 is 0 Å². The summed E-state index contributed by atoms with van der Waals surface area (Å²) in [7, 11) is 0. The van der Waals surface area contributed by atoms with Crippen LogP contribution in [0.4, 0.5) is 4.39 Å². The minimum atomic E-state index is -1.36. The summed E-state index contributed by atoms with van der Waals surface area (Å²) in [6.07, 6.45) is 3.53. The van der Waals surface area contributed by atoms with E-state index in [4.69, 9.17) is 9.47 Å². The first-order chi connectivity index (χ1) is 14.8. The number of carboxylic acids is 1. The molecule has 0 spiro atoms. The molecule has 0 amide bonds. The smallest absolute Gasteiger partial charge is 0.335 e. The fraction of sp³-hybridized carbons (Fsp3) is 0.333. The SMILES string of the molecule is CC(C)(OCc1cc(-c2cccc(OC3CCC3)c2)n(-c2ccccc2F)n1)C(=O)O. The summed E-state index contributed by atoms with van der Waals surface area (Å²) in [5, 5.41) is 13.8. The summed E-state index contributed by atoms with van der Waals surface area (Å²) in [4.78, 5) is 11.3. The lowest BCUT2D eigenvalue weighted by molar-refractivity contribution is -0.162. The third kappa shape index (κ3) is 4.61. The Hall–Kier alpha value is -3.19. The third-order valence-electron chi connectivity index (χ3n) is 5.42. The minimum Gasteiger partial charge on any atom is -0.490 e. The Labute approximate surface area is 180 Å². The second-order valence-corrected chi connectivity index (χ2v) is 8.19. The number of nitrogens with zero attached hydrogens (tertiary/aromatic N) is 2. The summed E-state index contributed by atoms with van der Waals surface area (Å²) in [6.45, 7) is 2.93. The maximum absolute atomic E-state index is 14.6. The number of benzene rings is 2. The second kappa shape index (κ2) is 8.51. The number of hydrogen-bond donors (Lipinski definition) is 1. The van der Waals surface area contributed by atoms with Gasteiger partial charge in [-0.3, -0.25) is 0 Å². The summed E-state index contributed by atoms with van der Waals surface area (Å²) < 4.78 is 27.7. The molecule has 31 heavy (non-hydrogen) atoms. The van der Waals surface area contributed by atoms with Gasteiger partial charge in [0.05, 0.1) is 24.1 Å². The lowest BCUT2D eigenvalue weighted by Crippen LogP contribution is -2.34. The number of aromatic nitrogens is 2. The van der Waals surface area contributed by atoms with Crippen LogP contribution in [-0.4, -0.2) is 32.6 Å². The molecule has 0 aliphatic heterocycles. The van der Waals surface area contributed by atoms with Crippen LogP contribution in [0.25, 0.3) is 16.9 Å². The van der Waals surface area contributed by atoms with Crippen molar-refractivity contribution in [1.29, 1.82) is 0 Å². The molecule has 162 valence electrons. The quantitative estimate of drug-likeness (QED) is 0.552. The van der Waals surface area contributed by atoms with Gasteiger partial charge in [-0.25, -0.2) is 13.9 Å². The molecule has 1 heterocycles. The van der Waals surface area contributed by atoms with Gasteiger partial charge in [-0.15, -0.1) is 0 Å². The molecule has 0 unspecified atom stereocenters. The van der Waals surface area contributed by atoms with Crippen molar-refractivity contribution in [3.8, 4) is 22.7 Å². The minimum absolute atomic E-state index is 0.0218. The first-order valence-corrected chi connectivity index (χ1v) is 10.3. The zero-order valence-corrected chi connectivity index (χ0v) is 17.5. The summed E-state index contributed by atoms with van der Waals surface area (Å²) in [6, 6.07) is 15.8. The number of hydrogen-bond acceptors (Lipinski definition) is 4. The number of carbonyl (C=O) groups is 1. The van der Waals surface area contributed by atoms with Crippen molar-refractivity contribution in [3.63, 3.8) is 0 Å². The van der Waals surface area contributed by atoms with E-state index in [9.17, 15) is 14.3 Å². The van der Waals surface area contributed by atoms with Crippen LogP contribution in [-0.2, 0) is 16.1 Å². The first-order valence-electron chi connectivity index (χ1n) is 10.3. The van der Waals surface area contributed by atoms with Crippen LogP contribution >= 0.6 is 0 Å². The van der Waals surface area contributed by atoms with E-state index in [1.165, 1.54) is 31.0 Å². The molecule has 1 saturated carbocycles. The number of halogens is 1. The summed E-state index contributed by atoms with van der Waals surface area (Å²) in [5.74, 6) is -0.720. The molecule has 4 rings (SSSR count). The molecule has 0 atom stereocenters. The van der Waals surface area contributed by atoms with Gasteiger partial charge in [-0.05, 0) is 63.4 Å². The lowest BCUT2D eigenvalue weighted by Gasteiger charge is -2.26. The number of para-hydroxylation sites is 1. The fourth-order valence-electron chi connectivity index (χ4n) is 3.24. The first kappa shape index (κ1) is 21.1. The van der Waals surface area contributed by atoms with Crippen LogP contribution in [0.1, 0.15) is 38.8 Å². The Balaban J connectivity index is 1.70. The second-order valence-electron chi connectivity index (χ2n) is 8.19. The molecular weight excluding hydrogens is 399 g/mol. The summed E-state index contributed by atoms with van der Waals surface area (Å²) in [5.41, 5.74) is 0.912. The van der Waals surface area contributed by atoms with E-state index in [-0.39, 0.29) is 12.7 Å². The zero-order valence-electron chi connectivity index (χ0n) is 17.5. The van der Waals surface area contributed by atoms with Gasteiger partial charge < -0.3 is 14.6 Å². The van der Waals surface area contributed by atoms with Gasteiger partial charge in [0.1, 0.15) is 17.3 Å². The van der Waals surface area contributed by atoms with Gasteiger partial charge in [0.15, 0.2) is 5.60 Å². The highest BCUT2D eigenvalue weighted by molar-refractivity contribution is 5.76. The van der Waals surface area contributed by atoms with Crippen molar-refractivity contribution in [2.45, 2.75) is 51.4 Å². The van der Waals surface area contributed by atoms with Crippen molar-refractivity contribution in [2.75, 3.05) is 0 Å². The van der Waals surface area contributed by atoms with E-state index in [2.05, 4.69) is 5.10 Å². The standard InChI is InChI=1S/C24H25FN2O4/c1-24(2,23(28)29)30-15-17-14-22(27(26-17)21-12-4-3-11-20(21)25)16-7-5-10-19(13-16)31-18-8-6-9-18/h3-5,7,10-14,18H,6,8-9,15H2,1-2H3,(H,28,29). The highest BCUT2D eigenvalue weighted by Gasteiger charge is 2.28.